The lowest BCUT2D eigenvalue weighted by Gasteiger charge is -2.28. The molecule has 1 unspecified atom stereocenters. The molecule has 9 nitrogen and oxygen atoms in total. The van der Waals surface area contributed by atoms with E-state index in [2.05, 4.69) is 50.3 Å². The summed E-state index contributed by atoms with van der Waals surface area (Å²) in [7, 11) is 1.16. The number of hydrogen-bond acceptors (Lipinski definition) is 8. The molecule has 0 saturated carbocycles. The Bertz CT molecular complexity index is 1050. The first-order valence-corrected chi connectivity index (χ1v) is 24.2. The summed E-state index contributed by atoms with van der Waals surface area (Å²) in [5, 5.41) is 0. The fourth-order valence-electron chi connectivity index (χ4n) is 6.14. The Balaban J connectivity index is 4.34. The van der Waals surface area contributed by atoms with Crippen molar-refractivity contribution in [1.82, 2.24) is 0 Å². The van der Waals surface area contributed by atoms with E-state index in [1.165, 1.54) is 89.9 Å². The molecule has 0 saturated heterocycles. The van der Waals surface area contributed by atoms with Crippen LogP contribution in [-0.2, 0) is 32.7 Å². The highest BCUT2D eigenvalue weighted by molar-refractivity contribution is 7.45. The second-order valence-electron chi connectivity index (χ2n) is 16.4. The van der Waals surface area contributed by atoms with Crippen LogP contribution in [0.25, 0.3) is 0 Å². The number of phosphoric ester groups is 1. The van der Waals surface area contributed by atoms with E-state index in [9.17, 15) is 19.0 Å². The largest absolute Gasteiger partial charge is 0.756 e. The van der Waals surface area contributed by atoms with Gasteiger partial charge in [-0.05, 0) is 44.9 Å². The van der Waals surface area contributed by atoms with Crippen molar-refractivity contribution in [3.8, 4) is 0 Å². The van der Waals surface area contributed by atoms with E-state index in [0.29, 0.717) is 23.9 Å². The van der Waals surface area contributed by atoms with Crippen molar-refractivity contribution in [1.29, 1.82) is 0 Å². The van der Waals surface area contributed by atoms with Crippen LogP contribution < -0.4 is 4.89 Å². The van der Waals surface area contributed by atoms with Crippen molar-refractivity contribution in [2.75, 3.05) is 47.5 Å². The van der Waals surface area contributed by atoms with E-state index >= 15 is 0 Å². The monoisotopic (exact) mass is 812 g/mol. The van der Waals surface area contributed by atoms with E-state index < -0.39 is 32.5 Å². The van der Waals surface area contributed by atoms with Crippen molar-refractivity contribution in [3.63, 3.8) is 0 Å². The summed E-state index contributed by atoms with van der Waals surface area (Å²) in [6, 6.07) is 0. The molecule has 0 heterocycles. The molecule has 0 aliphatic carbocycles. The molecule has 0 bridgehead atoms. The lowest BCUT2D eigenvalue weighted by atomic mass is 10.0. The predicted octanol–water partition coefficient (Wildman–Crippen LogP) is 12.3. The number of rotatable bonds is 41. The van der Waals surface area contributed by atoms with Gasteiger partial charge in [-0.15, -0.1) is 0 Å². The molecule has 2 atom stereocenters. The van der Waals surface area contributed by atoms with Gasteiger partial charge in [-0.1, -0.05) is 172 Å². The van der Waals surface area contributed by atoms with E-state index in [4.69, 9.17) is 18.5 Å². The molecular formula is C46H86NO8P. The van der Waals surface area contributed by atoms with Gasteiger partial charge in [0.2, 0.25) is 0 Å². The normalized spacial score (nSPS) is 13.9. The number of phosphoric acid groups is 1. The third-order valence-corrected chi connectivity index (χ3v) is 10.6. The number of carbonyl (C=O) groups is 2. The van der Waals surface area contributed by atoms with Gasteiger partial charge in [-0.25, -0.2) is 0 Å². The van der Waals surface area contributed by atoms with Gasteiger partial charge in [-0.3, -0.25) is 14.2 Å². The number of ether oxygens (including phenoxy) is 2. The molecule has 0 aromatic carbocycles. The highest BCUT2D eigenvalue weighted by Crippen LogP contribution is 2.38. The summed E-state index contributed by atoms with van der Waals surface area (Å²) in [4.78, 5) is 37.5. The van der Waals surface area contributed by atoms with Crippen LogP contribution in [0.3, 0.4) is 0 Å². The first kappa shape index (κ1) is 54.2. The second kappa shape index (κ2) is 38.7. The molecule has 0 aromatic rings. The highest BCUT2D eigenvalue weighted by atomic mass is 31.2. The third kappa shape index (κ3) is 41.9. The van der Waals surface area contributed by atoms with Gasteiger partial charge in [-0.2, -0.15) is 0 Å². The Morgan fingerprint density at radius 3 is 1.52 bits per heavy atom. The molecule has 0 spiro atoms. The van der Waals surface area contributed by atoms with Crippen LogP contribution in [0.4, 0.5) is 0 Å². The highest BCUT2D eigenvalue weighted by Gasteiger charge is 2.21. The van der Waals surface area contributed by atoms with Crippen molar-refractivity contribution < 1.29 is 42.1 Å². The van der Waals surface area contributed by atoms with Crippen molar-refractivity contribution in [2.24, 2.45) is 0 Å². The molecule has 56 heavy (non-hydrogen) atoms. The maximum atomic E-state index is 12.7. The zero-order valence-electron chi connectivity index (χ0n) is 36.8. The molecule has 0 aliphatic heterocycles. The summed E-state index contributed by atoms with van der Waals surface area (Å²) in [6.07, 6.45) is 43.1. The summed E-state index contributed by atoms with van der Waals surface area (Å²) in [5.41, 5.74) is 0. The number of hydrogen-bond donors (Lipinski definition) is 0. The minimum Gasteiger partial charge on any atom is -0.756 e. The minimum absolute atomic E-state index is 0.0330. The molecule has 0 fully saturated rings. The van der Waals surface area contributed by atoms with Crippen molar-refractivity contribution in [2.45, 2.75) is 200 Å². The average Bonchev–Trinajstić information content (AvgIpc) is 3.15. The molecule has 328 valence electrons. The molecule has 0 radical (unpaired) electrons. The van der Waals surface area contributed by atoms with Crippen LogP contribution in [0, 0.1) is 0 Å². The Morgan fingerprint density at radius 2 is 1.02 bits per heavy atom. The number of unbranched alkanes of at least 4 members (excludes halogenated alkanes) is 21. The molecule has 10 heteroatoms. The fourth-order valence-corrected chi connectivity index (χ4v) is 6.87. The van der Waals surface area contributed by atoms with Crippen LogP contribution in [0.1, 0.15) is 194 Å². The van der Waals surface area contributed by atoms with Gasteiger partial charge in [0.15, 0.2) is 6.10 Å². The van der Waals surface area contributed by atoms with E-state index in [1.54, 1.807) is 0 Å². The average molecular weight is 812 g/mol. The first-order chi connectivity index (χ1) is 27.0. The number of likely N-dealkylation sites (N-methyl/N-ethyl adjacent to an activating group) is 1. The van der Waals surface area contributed by atoms with E-state index in [0.717, 1.165) is 64.2 Å². The topological polar surface area (TPSA) is 111 Å². The predicted molar refractivity (Wildman–Crippen MR) is 231 cm³/mol. The van der Waals surface area contributed by atoms with E-state index in [1.807, 2.05) is 21.1 Å². The second-order valence-corrected chi connectivity index (χ2v) is 17.8. The lowest BCUT2D eigenvalue weighted by Crippen LogP contribution is -2.37. The smallest absolute Gasteiger partial charge is 0.306 e. The van der Waals surface area contributed by atoms with Crippen molar-refractivity contribution in [3.05, 3.63) is 36.5 Å². The van der Waals surface area contributed by atoms with Gasteiger partial charge in [0, 0.05) is 12.8 Å². The summed E-state index contributed by atoms with van der Waals surface area (Å²) >= 11 is 0. The first-order valence-electron chi connectivity index (χ1n) is 22.7. The van der Waals surface area contributed by atoms with Gasteiger partial charge in [0.25, 0.3) is 7.82 Å². The minimum atomic E-state index is -4.63. The lowest BCUT2D eigenvalue weighted by molar-refractivity contribution is -0.870. The molecule has 0 rings (SSSR count). The quantitative estimate of drug-likeness (QED) is 0.0197. The SMILES string of the molecule is CC/C=C\C/C=C\C/C=C\CCCCCCCC(=O)OC[C@H](COP(=O)([O-])OCC[N+](C)(C)C)OC(=O)CCCCCCCCCCCCCCCCCCC. The van der Waals surface area contributed by atoms with Gasteiger partial charge >= 0.3 is 11.9 Å². The summed E-state index contributed by atoms with van der Waals surface area (Å²) in [6.45, 7) is 4.11. The summed E-state index contributed by atoms with van der Waals surface area (Å²) in [5.74, 6) is -0.849. The fraction of sp³-hybridized carbons (Fsp3) is 0.826. The Kier molecular flexibility index (Phi) is 37.5. The Morgan fingerprint density at radius 1 is 0.571 bits per heavy atom. The molecule has 0 amide bonds. The summed E-state index contributed by atoms with van der Waals surface area (Å²) < 4.78 is 33.9. The number of quaternary nitrogens is 1. The van der Waals surface area contributed by atoms with Crippen molar-refractivity contribution >= 4 is 19.8 Å². The van der Waals surface area contributed by atoms with Crippen LogP contribution in [0.5, 0.6) is 0 Å². The zero-order valence-corrected chi connectivity index (χ0v) is 37.7. The van der Waals surface area contributed by atoms with Crippen LogP contribution in [0.15, 0.2) is 36.5 Å². The molecular weight excluding hydrogens is 725 g/mol. The van der Waals surface area contributed by atoms with Gasteiger partial charge in [0.05, 0.1) is 27.7 Å². The Hall–Kier alpha value is -1.77. The molecule has 0 aromatic heterocycles. The number of carbonyl (C=O) groups excluding carboxylic acids is 2. The van der Waals surface area contributed by atoms with E-state index in [-0.39, 0.29) is 26.1 Å². The number of allylic oxidation sites excluding steroid dienone is 6. The molecule has 0 N–H and O–H groups in total. The Labute approximate surface area is 344 Å². The van der Waals surface area contributed by atoms with Gasteiger partial charge in [0.1, 0.15) is 19.8 Å². The van der Waals surface area contributed by atoms with Gasteiger partial charge < -0.3 is 27.9 Å². The standard InChI is InChI=1S/C46H86NO8P/c1-6-8-10-12-14-16-18-20-22-23-25-27-29-31-33-35-37-39-46(49)55-44(43-54-56(50,51)53-41-40-47(3,4)5)42-52-45(48)38-36-34-32-30-28-26-24-21-19-17-15-13-11-9-7-2/h9,11,15,17,21,24,44H,6-8,10,12-14,16,18-20,22-23,25-43H2,1-5H3/b11-9-,17-15-,24-21-/t44-/m1/s1. The number of esters is 2. The maximum Gasteiger partial charge on any atom is 0.306 e. The van der Waals surface area contributed by atoms with Crippen LogP contribution in [-0.4, -0.2) is 70.0 Å². The third-order valence-electron chi connectivity index (χ3n) is 9.67. The molecule has 0 aliphatic rings. The van der Waals surface area contributed by atoms with Crippen LogP contribution >= 0.6 is 7.82 Å². The van der Waals surface area contributed by atoms with Crippen LogP contribution in [0.2, 0.25) is 0 Å². The number of nitrogens with zero attached hydrogens (tertiary/aromatic N) is 1. The maximum absolute atomic E-state index is 12.7. The zero-order chi connectivity index (χ0) is 41.4.